The maximum absolute atomic E-state index is 14.0. The predicted octanol–water partition coefficient (Wildman–Crippen LogP) is 2.18. The predicted molar refractivity (Wildman–Crippen MR) is 175 cm³/mol. The van der Waals surface area contributed by atoms with Crippen LogP contribution in [0.15, 0.2) is 0 Å². The SMILES string of the molecule is CCCCC(NC(=O)C1CCCN1C(=O)C(NC(=O)NC1(CS(=O)(=O)N(C)C(C)C2CC2)CCCCC1)C(C)(C)C)C(=O)C(N)=O. The fraction of sp³-hybridized carbons (Fsp3) is 0.844. The number of nitrogens with zero attached hydrogens (tertiary/aromatic N) is 2. The second-order valence-corrected chi connectivity index (χ2v) is 16.7. The first-order valence-corrected chi connectivity index (χ1v) is 18.5. The van der Waals surface area contributed by atoms with Gasteiger partial charge in [-0.1, -0.05) is 59.8 Å². The van der Waals surface area contributed by atoms with Gasteiger partial charge in [0.25, 0.3) is 5.91 Å². The molecule has 0 radical (unpaired) electrons. The zero-order valence-electron chi connectivity index (χ0n) is 28.5. The van der Waals surface area contributed by atoms with Gasteiger partial charge in [-0.2, -0.15) is 0 Å². The Morgan fingerprint density at radius 3 is 2.17 bits per heavy atom. The molecule has 5 amide bonds. The molecule has 13 nitrogen and oxygen atoms in total. The maximum atomic E-state index is 14.0. The molecule has 0 aromatic carbocycles. The molecule has 3 fully saturated rings. The second-order valence-electron chi connectivity index (χ2n) is 14.7. The van der Waals surface area contributed by atoms with Crippen LogP contribution in [0.3, 0.4) is 0 Å². The highest BCUT2D eigenvalue weighted by atomic mass is 32.2. The topological polar surface area (TPSA) is 188 Å². The van der Waals surface area contributed by atoms with Gasteiger partial charge in [-0.15, -0.1) is 0 Å². The normalized spacial score (nSPS) is 22.1. The van der Waals surface area contributed by atoms with Gasteiger partial charge in [0.15, 0.2) is 0 Å². The van der Waals surface area contributed by atoms with Crippen LogP contribution in [0.1, 0.15) is 112 Å². The van der Waals surface area contributed by atoms with Gasteiger partial charge in [0.1, 0.15) is 12.1 Å². The molecule has 0 bridgehead atoms. The lowest BCUT2D eigenvalue weighted by Crippen LogP contribution is -2.63. The summed E-state index contributed by atoms with van der Waals surface area (Å²) in [4.78, 5) is 66.5. The van der Waals surface area contributed by atoms with Crippen molar-refractivity contribution >= 4 is 39.6 Å². The van der Waals surface area contributed by atoms with Crippen molar-refractivity contribution in [3.8, 4) is 0 Å². The molecule has 2 saturated carbocycles. The molecule has 262 valence electrons. The molecule has 0 aromatic heterocycles. The highest BCUT2D eigenvalue weighted by molar-refractivity contribution is 7.89. The summed E-state index contributed by atoms with van der Waals surface area (Å²) in [7, 11) is -2.07. The van der Waals surface area contributed by atoms with E-state index in [0.717, 1.165) is 38.5 Å². The number of hydrogen-bond acceptors (Lipinski definition) is 7. The average molecular weight is 669 g/mol. The Labute approximate surface area is 274 Å². The third kappa shape index (κ3) is 9.65. The number of amides is 5. The largest absolute Gasteiger partial charge is 0.363 e. The van der Waals surface area contributed by atoms with Gasteiger partial charge in [-0.05, 0) is 63.2 Å². The van der Waals surface area contributed by atoms with Crippen LogP contribution in [0, 0.1) is 11.3 Å². The van der Waals surface area contributed by atoms with Crippen LogP contribution >= 0.6 is 0 Å². The third-order valence-electron chi connectivity index (χ3n) is 9.91. The smallest absolute Gasteiger partial charge is 0.315 e. The standard InChI is InChI=1S/C32H56N6O7S/c1-7-8-13-23(25(39)27(33)40)34-28(41)24-14-12-19-38(24)29(42)26(31(3,4)5)35-30(43)36-32(17-10-9-11-18-32)20-46(44,45)37(6)21(2)22-15-16-22/h21-24,26H,7-20H2,1-6H3,(H2,33,40)(H,34,41)(H2,35,36,43). The summed E-state index contributed by atoms with van der Waals surface area (Å²) >= 11 is 0. The molecular formula is C32H56N6O7S. The summed E-state index contributed by atoms with van der Waals surface area (Å²) in [5.41, 5.74) is 3.49. The molecule has 4 unspecified atom stereocenters. The Balaban J connectivity index is 1.76. The molecular weight excluding hydrogens is 612 g/mol. The van der Waals surface area contributed by atoms with E-state index in [0.29, 0.717) is 38.0 Å². The fourth-order valence-corrected chi connectivity index (χ4v) is 8.70. The average Bonchev–Trinajstić information content (AvgIpc) is 3.71. The summed E-state index contributed by atoms with van der Waals surface area (Å²) in [6, 6.07) is -3.72. The van der Waals surface area contributed by atoms with E-state index in [9.17, 15) is 32.4 Å². The first-order valence-electron chi connectivity index (χ1n) is 16.9. The van der Waals surface area contributed by atoms with Crippen molar-refractivity contribution in [1.82, 2.24) is 25.2 Å². The van der Waals surface area contributed by atoms with Crippen LogP contribution in [-0.4, -0.2) is 96.2 Å². The molecule has 46 heavy (non-hydrogen) atoms. The molecule has 3 aliphatic rings. The fourth-order valence-electron chi connectivity index (χ4n) is 6.76. The lowest BCUT2D eigenvalue weighted by atomic mass is 9.83. The van der Waals surface area contributed by atoms with Crippen molar-refractivity contribution in [2.75, 3.05) is 19.3 Å². The molecule has 4 atom stereocenters. The van der Waals surface area contributed by atoms with Crippen LogP contribution < -0.4 is 21.7 Å². The lowest BCUT2D eigenvalue weighted by Gasteiger charge is -2.41. The van der Waals surface area contributed by atoms with Crippen LogP contribution in [0.2, 0.25) is 0 Å². The van der Waals surface area contributed by atoms with Gasteiger partial charge < -0.3 is 26.6 Å². The zero-order chi connectivity index (χ0) is 34.4. The van der Waals surface area contributed by atoms with Crippen LogP contribution in [-0.2, 0) is 29.2 Å². The highest BCUT2D eigenvalue weighted by Crippen LogP contribution is 2.37. The maximum Gasteiger partial charge on any atom is 0.315 e. The van der Waals surface area contributed by atoms with E-state index in [1.807, 2.05) is 34.6 Å². The molecule has 14 heteroatoms. The first-order chi connectivity index (χ1) is 21.4. The van der Waals surface area contributed by atoms with Gasteiger partial charge in [0.05, 0.1) is 17.3 Å². The van der Waals surface area contributed by atoms with E-state index in [2.05, 4.69) is 16.0 Å². The van der Waals surface area contributed by atoms with Crippen molar-refractivity contribution in [3.63, 3.8) is 0 Å². The summed E-state index contributed by atoms with van der Waals surface area (Å²) < 4.78 is 28.5. The molecule has 3 rings (SSSR count). The van der Waals surface area contributed by atoms with Crippen molar-refractivity contribution in [3.05, 3.63) is 0 Å². The summed E-state index contributed by atoms with van der Waals surface area (Å²) in [6.45, 7) is 9.55. The number of rotatable bonds is 15. The van der Waals surface area contributed by atoms with Gasteiger partial charge in [-0.3, -0.25) is 19.2 Å². The Morgan fingerprint density at radius 1 is 1.00 bits per heavy atom. The number of urea groups is 1. The Morgan fingerprint density at radius 2 is 1.63 bits per heavy atom. The number of ketones is 1. The number of Topliss-reactive ketones (excluding diaryl/α,β-unsaturated/α-hetero) is 1. The van der Waals surface area contributed by atoms with Crippen molar-refractivity contribution < 1.29 is 32.4 Å². The molecule has 1 aliphatic heterocycles. The van der Waals surface area contributed by atoms with Crippen LogP contribution in [0.4, 0.5) is 4.79 Å². The monoisotopic (exact) mass is 668 g/mol. The molecule has 1 saturated heterocycles. The Bertz CT molecular complexity index is 1240. The number of unbranched alkanes of at least 4 members (excludes halogenated alkanes) is 1. The summed E-state index contributed by atoms with van der Waals surface area (Å²) in [5, 5.41) is 8.47. The Kier molecular flexibility index (Phi) is 12.7. The minimum absolute atomic E-state index is 0.108. The molecule has 0 aromatic rings. The van der Waals surface area contributed by atoms with E-state index in [1.165, 1.54) is 9.21 Å². The minimum Gasteiger partial charge on any atom is -0.363 e. The van der Waals surface area contributed by atoms with Crippen LogP contribution in [0.5, 0.6) is 0 Å². The molecule has 5 N–H and O–H groups in total. The highest BCUT2D eigenvalue weighted by Gasteiger charge is 2.45. The summed E-state index contributed by atoms with van der Waals surface area (Å²) in [6.07, 6.45) is 8.06. The summed E-state index contributed by atoms with van der Waals surface area (Å²) in [5.74, 6) is -2.86. The lowest BCUT2D eigenvalue weighted by molar-refractivity contribution is -0.143. The van der Waals surface area contributed by atoms with Gasteiger partial charge >= 0.3 is 6.03 Å². The van der Waals surface area contributed by atoms with Gasteiger partial charge in [0, 0.05) is 19.6 Å². The van der Waals surface area contributed by atoms with E-state index in [4.69, 9.17) is 5.73 Å². The molecule has 1 heterocycles. The minimum atomic E-state index is -3.68. The van der Waals surface area contributed by atoms with E-state index in [-0.39, 0.29) is 24.8 Å². The number of nitrogens with two attached hydrogens (primary N) is 1. The number of nitrogens with one attached hydrogen (secondary N) is 3. The Hall–Kier alpha value is -2.74. The van der Waals surface area contributed by atoms with Crippen molar-refractivity contribution in [2.45, 2.75) is 141 Å². The van der Waals surface area contributed by atoms with E-state index >= 15 is 0 Å². The molecule has 0 spiro atoms. The van der Waals surface area contributed by atoms with E-state index < -0.39 is 68.6 Å². The quantitative estimate of drug-likeness (QED) is 0.193. The third-order valence-corrected chi connectivity index (χ3v) is 12.0. The van der Waals surface area contributed by atoms with Crippen LogP contribution in [0.25, 0.3) is 0 Å². The second kappa shape index (κ2) is 15.4. The van der Waals surface area contributed by atoms with Gasteiger partial charge in [0.2, 0.25) is 27.6 Å². The number of carbonyl (C=O) groups excluding carboxylic acids is 5. The van der Waals surface area contributed by atoms with Crippen molar-refractivity contribution in [1.29, 1.82) is 0 Å². The number of likely N-dealkylation sites (tertiary alicyclic amines) is 1. The van der Waals surface area contributed by atoms with Crippen molar-refractivity contribution in [2.24, 2.45) is 17.1 Å². The number of hydrogen-bond donors (Lipinski definition) is 4. The number of primary amides is 1. The first kappa shape index (κ1) is 37.7. The molecule has 2 aliphatic carbocycles. The number of sulfonamides is 1. The van der Waals surface area contributed by atoms with Gasteiger partial charge in [-0.25, -0.2) is 17.5 Å². The number of carbonyl (C=O) groups is 5. The zero-order valence-corrected chi connectivity index (χ0v) is 29.3. The van der Waals surface area contributed by atoms with E-state index in [1.54, 1.807) is 7.05 Å².